The second-order valence-corrected chi connectivity index (χ2v) is 7.06. The highest BCUT2D eigenvalue weighted by Gasteiger charge is 2.28. The van der Waals surface area contributed by atoms with Crippen LogP contribution in [-0.2, 0) is 6.42 Å². The lowest BCUT2D eigenvalue weighted by Gasteiger charge is -2.23. The Bertz CT molecular complexity index is 487. The van der Waals surface area contributed by atoms with Crippen molar-refractivity contribution in [2.75, 3.05) is 26.7 Å². The molecule has 1 unspecified atom stereocenters. The fourth-order valence-corrected chi connectivity index (χ4v) is 3.01. The first-order valence-electron chi connectivity index (χ1n) is 8.25. The normalized spacial score (nSPS) is 16.1. The summed E-state index contributed by atoms with van der Waals surface area (Å²) in [5, 5.41) is 9.98. The summed E-state index contributed by atoms with van der Waals surface area (Å²) in [4.78, 5) is 11.7. The molecule has 0 aliphatic heterocycles. The molecule has 1 aromatic heterocycles. The average molecular weight is 451 g/mol. The smallest absolute Gasteiger partial charge is 0.191 e. The van der Waals surface area contributed by atoms with E-state index < -0.39 is 0 Å². The minimum absolute atomic E-state index is 0. The molecule has 23 heavy (non-hydrogen) atoms. The Morgan fingerprint density at radius 1 is 1.48 bits per heavy atom. The summed E-state index contributed by atoms with van der Waals surface area (Å²) in [6, 6.07) is 1.28. The van der Waals surface area contributed by atoms with Gasteiger partial charge in [-0.05, 0) is 40.7 Å². The Balaban J connectivity index is 0.00000264. The zero-order valence-electron chi connectivity index (χ0n) is 14.6. The van der Waals surface area contributed by atoms with Crippen LogP contribution in [0.25, 0.3) is 0 Å². The predicted octanol–water partition coefficient (Wildman–Crippen LogP) is 2.65. The lowest BCUT2D eigenvalue weighted by atomic mass is 10.3. The zero-order valence-corrected chi connectivity index (χ0v) is 17.8. The third-order valence-electron chi connectivity index (χ3n) is 4.02. The molecule has 0 saturated heterocycles. The molecule has 0 radical (unpaired) electrons. The number of nitrogens with zero attached hydrogens (tertiary/aromatic N) is 3. The summed E-state index contributed by atoms with van der Waals surface area (Å²) in [7, 11) is 2.21. The van der Waals surface area contributed by atoms with Crippen LogP contribution in [-0.4, -0.2) is 54.6 Å². The molecule has 1 fully saturated rings. The van der Waals surface area contributed by atoms with Gasteiger partial charge in [-0.3, -0.25) is 9.89 Å². The summed E-state index contributed by atoms with van der Waals surface area (Å²) >= 11 is 1.71. The van der Waals surface area contributed by atoms with Crippen LogP contribution in [0.4, 0.5) is 0 Å². The van der Waals surface area contributed by atoms with Crippen LogP contribution in [0.15, 0.2) is 10.4 Å². The minimum atomic E-state index is 0. The third kappa shape index (κ3) is 7.34. The highest BCUT2D eigenvalue weighted by Crippen LogP contribution is 2.26. The van der Waals surface area contributed by atoms with Gasteiger partial charge in [-0.25, -0.2) is 4.98 Å². The van der Waals surface area contributed by atoms with Crippen molar-refractivity contribution in [3.63, 3.8) is 0 Å². The van der Waals surface area contributed by atoms with Gasteiger partial charge in [-0.2, -0.15) is 0 Å². The zero-order chi connectivity index (χ0) is 15.9. The van der Waals surface area contributed by atoms with E-state index >= 15 is 0 Å². The highest BCUT2D eigenvalue weighted by atomic mass is 127. The molecule has 2 N–H and O–H groups in total. The Kier molecular flexibility index (Phi) is 9.38. The third-order valence-corrected chi connectivity index (χ3v) is 4.84. The first-order chi connectivity index (χ1) is 10.6. The molecular weight excluding hydrogens is 421 g/mol. The molecule has 1 aliphatic rings. The highest BCUT2D eigenvalue weighted by molar-refractivity contribution is 14.0. The topological polar surface area (TPSA) is 52.6 Å². The van der Waals surface area contributed by atoms with Gasteiger partial charge in [0.1, 0.15) is 0 Å². The Labute approximate surface area is 161 Å². The quantitative estimate of drug-likeness (QED) is 0.363. The molecule has 0 amide bonds. The molecule has 2 rings (SSSR count). The Hall–Kier alpha value is -0.410. The first kappa shape index (κ1) is 20.6. The number of thiazole rings is 1. The minimum Gasteiger partial charge on any atom is -0.357 e. The summed E-state index contributed by atoms with van der Waals surface area (Å²) in [6.45, 7) is 8.98. The summed E-state index contributed by atoms with van der Waals surface area (Å²) in [6.07, 6.45) is 3.62. The number of aryl methyl sites for hydroxylation is 1. The number of hydrogen-bond acceptors (Lipinski definition) is 4. The molecule has 7 heteroatoms. The summed E-state index contributed by atoms with van der Waals surface area (Å²) < 4.78 is 0. The van der Waals surface area contributed by atoms with Crippen molar-refractivity contribution in [1.82, 2.24) is 20.5 Å². The van der Waals surface area contributed by atoms with E-state index in [0.717, 1.165) is 48.8 Å². The van der Waals surface area contributed by atoms with Crippen LogP contribution in [0.3, 0.4) is 0 Å². The fraction of sp³-hybridized carbons (Fsp3) is 0.750. The van der Waals surface area contributed by atoms with Crippen LogP contribution >= 0.6 is 35.3 Å². The van der Waals surface area contributed by atoms with E-state index in [1.165, 1.54) is 12.8 Å². The van der Waals surface area contributed by atoms with Crippen molar-refractivity contribution < 1.29 is 0 Å². The number of likely N-dealkylation sites (N-methyl/N-ethyl adjacent to an activating group) is 1. The Morgan fingerprint density at radius 2 is 2.22 bits per heavy atom. The number of halogens is 1. The van der Waals surface area contributed by atoms with E-state index in [4.69, 9.17) is 4.99 Å². The monoisotopic (exact) mass is 451 g/mol. The van der Waals surface area contributed by atoms with Crippen molar-refractivity contribution >= 4 is 41.3 Å². The van der Waals surface area contributed by atoms with Gasteiger partial charge in [-0.15, -0.1) is 35.3 Å². The number of hydrogen-bond donors (Lipinski definition) is 2. The van der Waals surface area contributed by atoms with E-state index in [1.54, 1.807) is 11.3 Å². The van der Waals surface area contributed by atoms with E-state index in [-0.39, 0.29) is 24.0 Å². The van der Waals surface area contributed by atoms with Gasteiger partial charge in [0.25, 0.3) is 0 Å². The largest absolute Gasteiger partial charge is 0.357 e. The number of rotatable bonds is 8. The number of aliphatic imine (C=N–C) groups is 1. The van der Waals surface area contributed by atoms with Gasteiger partial charge in [0.2, 0.25) is 0 Å². The molecule has 132 valence electrons. The van der Waals surface area contributed by atoms with Crippen LogP contribution in [0, 0.1) is 6.92 Å². The predicted molar refractivity (Wildman–Crippen MR) is 110 cm³/mol. The van der Waals surface area contributed by atoms with Gasteiger partial charge in [0.15, 0.2) is 5.96 Å². The van der Waals surface area contributed by atoms with E-state index in [0.29, 0.717) is 6.04 Å². The molecule has 1 heterocycles. The maximum atomic E-state index is 4.72. The number of nitrogens with one attached hydrogen (secondary N) is 2. The first-order valence-corrected chi connectivity index (χ1v) is 9.13. The second-order valence-electron chi connectivity index (χ2n) is 6.00. The fourth-order valence-electron chi connectivity index (χ4n) is 2.37. The maximum Gasteiger partial charge on any atom is 0.191 e. The van der Waals surface area contributed by atoms with Crippen LogP contribution < -0.4 is 10.6 Å². The molecular formula is C16H30IN5S. The van der Waals surface area contributed by atoms with E-state index in [1.807, 2.05) is 6.92 Å². The van der Waals surface area contributed by atoms with Crippen molar-refractivity contribution in [1.29, 1.82) is 0 Å². The lowest BCUT2D eigenvalue weighted by Crippen LogP contribution is -2.40. The van der Waals surface area contributed by atoms with E-state index in [9.17, 15) is 0 Å². The molecule has 0 bridgehead atoms. The maximum absolute atomic E-state index is 4.72. The molecule has 0 aromatic carbocycles. The molecule has 1 aromatic rings. The molecule has 0 spiro atoms. The van der Waals surface area contributed by atoms with Gasteiger partial charge in [0, 0.05) is 37.0 Å². The SMILES string of the molecule is CCNC(=NCC(C)N(C)C1CC1)NCCc1csc(C)n1.I. The molecule has 1 atom stereocenters. The van der Waals surface area contributed by atoms with E-state index in [2.05, 4.69) is 46.8 Å². The van der Waals surface area contributed by atoms with Crippen molar-refractivity contribution in [2.24, 2.45) is 4.99 Å². The average Bonchev–Trinajstić information content (AvgIpc) is 3.27. The second kappa shape index (κ2) is 10.5. The standard InChI is InChI=1S/C16H29N5S.HI/c1-5-17-16(18-9-8-14-11-22-13(3)20-14)19-10-12(2)21(4)15-6-7-15;/h11-12,15H,5-10H2,1-4H3,(H2,17,18,19);1H. The van der Waals surface area contributed by atoms with Crippen LogP contribution in [0.5, 0.6) is 0 Å². The number of guanidine groups is 1. The van der Waals surface area contributed by atoms with Gasteiger partial charge < -0.3 is 10.6 Å². The van der Waals surface area contributed by atoms with Crippen molar-refractivity contribution in [3.8, 4) is 0 Å². The summed E-state index contributed by atoms with van der Waals surface area (Å²) in [5.41, 5.74) is 1.16. The lowest BCUT2D eigenvalue weighted by molar-refractivity contribution is 0.253. The Morgan fingerprint density at radius 3 is 2.78 bits per heavy atom. The number of aromatic nitrogens is 1. The molecule has 5 nitrogen and oxygen atoms in total. The molecule has 1 aliphatic carbocycles. The van der Waals surface area contributed by atoms with Crippen molar-refractivity contribution in [2.45, 2.75) is 52.1 Å². The summed E-state index contributed by atoms with van der Waals surface area (Å²) in [5.74, 6) is 0.908. The van der Waals surface area contributed by atoms with Crippen molar-refractivity contribution in [3.05, 3.63) is 16.1 Å². The van der Waals surface area contributed by atoms with Crippen LogP contribution in [0.1, 0.15) is 37.4 Å². The van der Waals surface area contributed by atoms with Gasteiger partial charge >= 0.3 is 0 Å². The molecule has 1 saturated carbocycles. The van der Waals surface area contributed by atoms with Gasteiger partial charge in [-0.1, -0.05) is 0 Å². The van der Waals surface area contributed by atoms with Crippen LogP contribution in [0.2, 0.25) is 0 Å². The van der Waals surface area contributed by atoms with Gasteiger partial charge in [0.05, 0.1) is 17.2 Å².